The number of likely N-dealkylation sites (tertiary alicyclic amines) is 1. The van der Waals surface area contributed by atoms with Crippen LogP contribution in [0, 0.1) is 0 Å². The predicted molar refractivity (Wildman–Crippen MR) is 108 cm³/mol. The standard InChI is InChI=1S/C22H19N5O3/c28-20(14-26-11-10-23-15-26)27-12-17(13-27)29-19-9-5-4-8-18(19)22-24-21(25-30-22)16-6-2-1-3-7-16/h1-11,15,17H,12-14H2. The third-order valence-electron chi connectivity index (χ3n) is 4.95. The molecule has 8 nitrogen and oxygen atoms in total. The summed E-state index contributed by atoms with van der Waals surface area (Å²) in [6.07, 6.45) is 4.99. The number of carbonyl (C=O) groups is 1. The van der Waals surface area contributed by atoms with E-state index in [9.17, 15) is 4.79 Å². The van der Waals surface area contributed by atoms with E-state index in [2.05, 4.69) is 15.1 Å². The van der Waals surface area contributed by atoms with Crippen LogP contribution >= 0.6 is 0 Å². The lowest BCUT2D eigenvalue weighted by atomic mass is 10.1. The molecule has 4 aromatic rings. The molecule has 0 spiro atoms. The molecule has 1 aliphatic rings. The van der Waals surface area contributed by atoms with Crippen molar-refractivity contribution in [2.24, 2.45) is 0 Å². The van der Waals surface area contributed by atoms with Crippen molar-refractivity contribution in [1.29, 1.82) is 0 Å². The lowest BCUT2D eigenvalue weighted by molar-refractivity contribution is -0.140. The van der Waals surface area contributed by atoms with Crippen LogP contribution in [-0.2, 0) is 11.3 Å². The molecule has 1 aliphatic heterocycles. The number of ether oxygens (including phenoxy) is 1. The second-order valence-corrected chi connectivity index (χ2v) is 7.06. The first-order valence-electron chi connectivity index (χ1n) is 9.65. The summed E-state index contributed by atoms with van der Waals surface area (Å²) in [5.74, 6) is 1.63. The van der Waals surface area contributed by atoms with Gasteiger partial charge < -0.3 is 18.7 Å². The van der Waals surface area contributed by atoms with Gasteiger partial charge >= 0.3 is 0 Å². The molecule has 1 fully saturated rings. The van der Waals surface area contributed by atoms with Crippen LogP contribution < -0.4 is 4.74 Å². The van der Waals surface area contributed by atoms with Crippen molar-refractivity contribution in [1.82, 2.24) is 24.6 Å². The zero-order chi connectivity index (χ0) is 20.3. The highest BCUT2D eigenvalue weighted by Gasteiger charge is 2.33. The predicted octanol–water partition coefficient (Wildman–Crippen LogP) is 2.89. The van der Waals surface area contributed by atoms with Crippen LogP contribution in [0.25, 0.3) is 22.8 Å². The Hall–Kier alpha value is -3.94. The summed E-state index contributed by atoms with van der Waals surface area (Å²) in [5.41, 5.74) is 1.62. The molecule has 2 aromatic heterocycles. The minimum Gasteiger partial charge on any atom is -0.486 e. The molecule has 3 heterocycles. The molecule has 5 rings (SSSR count). The first kappa shape index (κ1) is 18.1. The summed E-state index contributed by atoms with van der Waals surface area (Å²) in [5, 5.41) is 4.09. The van der Waals surface area contributed by atoms with Crippen LogP contribution in [-0.4, -0.2) is 49.7 Å². The maximum Gasteiger partial charge on any atom is 0.262 e. The summed E-state index contributed by atoms with van der Waals surface area (Å²) >= 11 is 0. The minimum atomic E-state index is -0.0746. The fourth-order valence-electron chi connectivity index (χ4n) is 3.32. The van der Waals surface area contributed by atoms with Crippen molar-refractivity contribution in [3.63, 3.8) is 0 Å². The summed E-state index contributed by atoms with van der Waals surface area (Å²) in [7, 11) is 0. The zero-order valence-electron chi connectivity index (χ0n) is 16.1. The summed E-state index contributed by atoms with van der Waals surface area (Å²) < 4.78 is 13.4. The van der Waals surface area contributed by atoms with Gasteiger partial charge in [0.1, 0.15) is 18.4 Å². The number of carbonyl (C=O) groups excluding carboxylic acids is 1. The van der Waals surface area contributed by atoms with Crippen LogP contribution in [0.3, 0.4) is 0 Å². The molecule has 0 saturated carbocycles. The van der Waals surface area contributed by atoms with E-state index in [1.165, 1.54) is 0 Å². The van der Waals surface area contributed by atoms with Crippen molar-refractivity contribution in [3.8, 4) is 28.6 Å². The maximum atomic E-state index is 12.3. The summed E-state index contributed by atoms with van der Waals surface area (Å²) in [6.45, 7) is 1.37. The van der Waals surface area contributed by atoms with Gasteiger partial charge in [-0.05, 0) is 12.1 Å². The lowest BCUT2D eigenvalue weighted by Crippen LogP contribution is -2.56. The van der Waals surface area contributed by atoms with Gasteiger partial charge in [0.2, 0.25) is 11.7 Å². The second-order valence-electron chi connectivity index (χ2n) is 7.06. The van der Waals surface area contributed by atoms with E-state index >= 15 is 0 Å². The second kappa shape index (κ2) is 7.82. The Bertz CT molecular complexity index is 1130. The van der Waals surface area contributed by atoms with Crippen LogP contribution in [0.5, 0.6) is 5.75 Å². The summed E-state index contributed by atoms with van der Waals surface area (Å²) in [4.78, 5) is 22.5. The number of para-hydroxylation sites is 1. The number of nitrogens with zero attached hydrogens (tertiary/aromatic N) is 5. The maximum absolute atomic E-state index is 12.3. The zero-order valence-corrected chi connectivity index (χ0v) is 16.1. The van der Waals surface area contributed by atoms with E-state index < -0.39 is 0 Å². The average Bonchev–Trinajstić information content (AvgIpc) is 3.43. The molecule has 0 atom stereocenters. The van der Waals surface area contributed by atoms with Crippen molar-refractivity contribution in [2.75, 3.05) is 13.1 Å². The molecule has 0 radical (unpaired) electrons. The molecular weight excluding hydrogens is 382 g/mol. The molecule has 1 amide bonds. The fourth-order valence-corrected chi connectivity index (χ4v) is 3.32. The first-order valence-corrected chi connectivity index (χ1v) is 9.65. The molecule has 0 bridgehead atoms. The van der Waals surface area contributed by atoms with Gasteiger partial charge in [-0.15, -0.1) is 0 Å². The number of amides is 1. The van der Waals surface area contributed by atoms with Crippen molar-refractivity contribution in [2.45, 2.75) is 12.6 Å². The third-order valence-corrected chi connectivity index (χ3v) is 4.95. The average molecular weight is 401 g/mol. The largest absolute Gasteiger partial charge is 0.486 e. The Labute approximate surface area is 172 Å². The van der Waals surface area contributed by atoms with Crippen molar-refractivity contribution in [3.05, 3.63) is 73.3 Å². The molecular formula is C22H19N5O3. The number of rotatable bonds is 6. The monoisotopic (exact) mass is 401 g/mol. The first-order chi connectivity index (χ1) is 14.8. The van der Waals surface area contributed by atoms with Gasteiger partial charge in [0, 0.05) is 18.0 Å². The van der Waals surface area contributed by atoms with Crippen LogP contribution in [0.4, 0.5) is 0 Å². The SMILES string of the molecule is O=C(Cn1ccnc1)N1CC(Oc2ccccc2-c2nc(-c3ccccc3)no2)C1. The third kappa shape index (κ3) is 3.67. The van der Waals surface area contributed by atoms with Crippen LogP contribution in [0.15, 0.2) is 77.8 Å². The molecule has 0 unspecified atom stereocenters. The molecule has 1 saturated heterocycles. The van der Waals surface area contributed by atoms with Gasteiger partial charge in [-0.2, -0.15) is 4.98 Å². The minimum absolute atomic E-state index is 0.0468. The molecule has 8 heteroatoms. The van der Waals surface area contributed by atoms with Gasteiger partial charge in [-0.25, -0.2) is 4.98 Å². The molecule has 2 aromatic carbocycles. The Morgan fingerprint density at radius 2 is 1.90 bits per heavy atom. The highest BCUT2D eigenvalue weighted by Crippen LogP contribution is 2.31. The van der Waals surface area contributed by atoms with Crippen LogP contribution in [0.2, 0.25) is 0 Å². The van der Waals surface area contributed by atoms with E-state index in [0.717, 1.165) is 11.1 Å². The van der Waals surface area contributed by atoms with E-state index in [4.69, 9.17) is 9.26 Å². The van der Waals surface area contributed by atoms with Gasteiger partial charge in [0.25, 0.3) is 5.89 Å². The Morgan fingerprint density at radius 1 is 1.10 bits per heavy atom. The van der Waals surface area contributed by atoms with E-state index in [-0.39, 0.29) is 18.6 Å². The topological polar surface area (TPSA) is 86.3 Å². The van der Waals surface area contributed by atoms with Crippen LogP contribution in [0.1, 0.15) is 0 Å². The number of aromatic nitrogens is 4. The van der Waals surface area contributed by atoms with E-state index in [1.807, 2.05) is 54.6 Å². The molecule has 0 N–H and O–H groups in total. The lowest BCUT2D eigenvalue weighted by Gasteiger charge is -2.39. The highest BCUT2D eigenvalue weighted by molar-refractivity contribution is 5.77. The highest BCUT2D eigenvalue weighted by atomic mass is 16.5. The molecule has 150 valence electrons. The number of benzene rings is 2. The van der Waals surface area contributed by atoms with Gasteiger partial charge in [0.15, 0.2) is 0 Å². The normalized spacial score (nSPS) is 13.8. The quantitative estimate of drug-likeness (QED) is 0.494. The molecule has 30 heavy (non-hydrogen) atoms. The van der Waals surface area contributed by atoms with Gasteiger partial charge in [0.05, 0.1) is 25.0 Å². The number of hydrogen-bond acceptors (Lipinski definition) is 6. The van der Waals surface area contributed by atoms with Gasteiger partial charge in [-0.1, -0.05) is 47.6 Å². The Morgan fingerprint density at radius 3 is 2.70 bits per heavy atom. The van der Waals surface area contributed by atoms with E-state index in [1.54, 1.807) is 28.2 Å². The number of hydrogen-bond donors (Lipinski definition) is 0. The van der Waals surface area contributed by atoms with Crippen molar-refractivity contribution >= 4 is 5.91 Å². The Kier molecular flexibility index (Phi) is 4.72. The Balaban J connectivity index is 1.25. The van der Waals surface area contributed by atoms with Crippen molar-refractivity contribution < 1.29 is 14.1 Å². The van der Waals surface area contributed by atoms with Gasteiger partial charge in [-0.3, -0.25) is 4.79 Å². The smallest absolute Gasteiger partial charge is 0.262 e. The number of imidazole rings is 1. The fraction of sp³-hybridized carbons (Fsp3) is 0.182. The summed E-state index contributed by atoms with van der Waals surface area (Å²) in [6, 6.07) is 17.2. The van der Waals surface area contributed by atoms with E-state index in [0.29, 0.717) is 30.6 Å². The molecule has 0 aliphatic carbocycles.